The van der Waals surface area contributed by atoms with E-state index >= 15 is 0 Å². The molecular formula is C23H18N2O3S2. The van der Waals surface area contributed by atoms with Crippen LogP contribution < -0.4 is 15.0 Å². The molecule has 1 fully saturated rings. The number of hydrogen-bond donors (Lipinski definition) is 1. The molecule has 0 radical (unpaired) electrons. The number of thiocarbonyl (C=S) groups is 1. The largest absolute Gasteiger partial charge is 0.457 e. The first kappa shape index (κ1) is 20.0. The quantitative estimate of drug-likeness (QED) is 0.357. The first-order valence-electron chi connectivity index (χ1n) is 9.24. The first-order valence-corrected chi connectivity index (χ1v) is 10.5. The van der Waals surface area contributed by atoms with Gasteiger partial charge in [-0.05, 0) is 80.2 Å². The number of carbonyl (C=O) groups excluding carboxylic acids is 2. The average molecular weight is 435 g/mol. The number of hydrogen-bond acceptors (Lipinski definition) is 5. The lowest BCUT2D eigenvalue weighted by Crippen LogP contribution is -2.54. The number of nitrogens with one attached hydrogen (secondary N) is 1. The third kappa shape index (κ3) is 4.03. The maximum atomic E-state index is 13.1. The molecule has 0 bridgehead atoms. The number of aryl methyl sites for hydroxylation is 2. The highest BCUT2D eigenvalue weighted by atomic mass is 32.1. The number of anilines is 1. The number of para-hydroxylation sites is 1. The second-order valence-electron chi connectivity index (χ2n) is 6.75. The molecule has 1 saturated heterocycles. The molecule has 7 heteroatoms. The van der Waals surface area contributed by atoms with Gasteiger partial charge in [0.25, 0.3) is 11.8 Å². The summed E-state index contributed by atoms with van der Waals surface area (Å²) in [4.78, 5) is 28.8. The Bertz CT molecular complexity index is 1150. The summed E-state index contributed by atoms with van der Waals surface area (Å²) in [6, 6.07) is 18.3. The maximum absolute atomic E-state index is 13.1. The van der Waals surface area contributed by atoms with Crippen molar-refractivity contribution >= 4 is 52.2 Å². The van der Waals surface area contributed by atoms with Crippen LogP contribution in [-0.2, 0) is 9.59 Å². The minimum atomic E-state index is -0.492. The van der Waals surface area contributed by atoms with Crippen LogP contribution in [0.2, 0.25) is 0 Å². The van der Waals surface area contributed by atoms with Gasteiger partial charge in [0.05, 0.1) is 5.69 Å². The van der Waals surface area contributed by atoms with Crippen LogP contribution in [0.4, 0.5) is 5.69 Å². The second kappa shape index (κ2) is 8.22. The molecule has 0 saturated carbocycles. The Balaban J connectivity index is 1.60. The van der Waals surface area contributed by atoms with Crippen LogP contribution in [0, 0.1) is 13.8 Å². The summed E-state index contributed by atoms with van der Waals surface area (Å²) in [5.41, 5.74) is 1.72. The monoisotopic (exact) mass is 434 g/mol. The number of carbonyl (C=O) groups is 2. The molecular weight excluding hydrogens is 416 g/mol. The van der Waals surface area contributed by atoms with Crippen LogP contribution in [-0.4, -0.2) is 16.9 Å². The van der Waals surface area contributed by atoms with Crippen LogP contribution in [0.5, 0.6) is 11.5 Å². The summed E-state index contributed by atoms with van der Waals surface area (Å²) < 4.78 is 5.79. The van der Waals surface area contributed by atoms with Crippen molar-refractivity contribution < 1.29 is 14.3 Å². The van der Waals surface area contributed by atoms with Gasteiger partial charge in [-0.3, -0.25) is 19.8 Å². The van der Waals surface area contributed by atoms with E-state index in [1.165, 1.54) is 16.2 Å². The fourth-order valence-corrected chi connectivity index (χ4v) is 4.26. The highest BCUT2D eigenvalue weighted by Gasteiger charge is 2.34. The van der Waals surface area contributed by atoms with Gasteiger partial charge in [0, 0.05) is 9.75 Å². The number of ether oxygens (including phenoxy) is 1. The van der Waals surface area contributed by atoms with Crippen LogP contribution >= 0.6 is 23.6 Å². The van der Waals surface area contributed by atoms with E-state index in [4.69, 9.17) is 17.0 Å². The van der Waals surface area contributed by atoms with Crippen molar-refractivity contribution in [1.82, 2.24) is 5.32 Å². The summed E-state index contributed by atoms with van der Waals surface area (Å²) in [6.07, 6.45) is 1.62. The molecule has 5 nitrogen and oxygen atoms in total. The molecule has 0 spiro atoms. The molecule has 30 heavy (non-hydrogen) atoms. The van der Waals surface area contributed by atoms with Crippen molar-refractivity contribution in [3.8, 4) is 11.5 Å². The molecule has 1 aliphatic heterocycles. The van der Waals surface area contributed by atoms with Gasteiger partial charge in [-0.1, -0.05) is 18.2 Å². The lowest BCUT2D eigenvalue weighted by molar-refractivity contribution is -0.122. The van der Waals surface area contributed by atoms with Gasteiger partial charge in [-0.2, -0.15) is 0 Å². The van der Waals surface area contributed by atoms with Gasteiger partial charge in [0.1, 0.15) is 17.1 Å². The zero-order valence-corrected chi connectivity index (χ0v) is 18.0. The van der Waals surface area contributed by atoms with Gasteiger partial charge in [0.15, 0.2) is 5.11 Å². The Morgan fingerprint density at radius 2 is 1.67 bits per heavy atom. The molecule has 150 valence electrons. The van der Waals surface area contributed by atoms with Gasteiger partial charge in [-0.25, -0.2) is 0 Å². The third-order valence-corrected chi connectivity index (χ3v) is 6.03. The van der Waals surface area contributed by atoms with Crippen LogP contribution in [0.15, 0.2) is 66.2 Å². The summed E-state index contributed by atoms with van der Waals surface area (Å²) in [6.45, 7) is 4.00. The number of amides is 2. The number of benzene rings is 2. The topological polar surface area (TPSA) is 58.6 Å². The van der Waals surface area contributed by atoms with E-state index < -0.39 is 11.8 Å². The Kier molecular flexibility index (Phi) is 5.48. The Morgan fingerprint density at radius 3 is 2.30 bits per heavy atom. The standard InChI is InChI=1S/C23H18N2O3S2/c1-14-12-19(30-15(14)2)13-20-21(26)24-23(29)25(22(20)27)16-8-10-18(11-9-16)28-17-6-4-3-5-7-17/h3-13H,1-2H3,(H,24,26,29). The van der Waals surface area contributed by atoms with Crippen molar-refractivity contribution in [3.63, 3.8) is 0 Å². The Labute approximate surface area is 183 Å². The lowest BCUT2D eigenvalue weighted by Gasteiger charge is -2.28. The van der Waals surface area contributed by atoms with E-state index in [1.807, 2.05) is 50.2 Å². The number of rotatable bonds is 4. The van der Waals surface area contributed by atoms with Crippen molar-refractivity contribution in [2.45, 2.75) is 13.8 Å². The highest BCUT2D eigenvalue weighted by Crippen LogP contribution is 2.28. The lowest BCUT2D eigenvalue weighted by atomic mass is 10.1. The van der Waals surface area contributed by atoms with Crippen molar-refractivity contribution in [2.75, 3.05) is 4.90 Å². The molecule has 2 amide bonds. The van der Waals surface area contributed by atoms with Crippen molar-refractivity contribution in [2.24, 2.45) is 0 Å². The third-order valence-electron chi connectivity index (χ3n) is 4.65. The van der Waals surface area contributed by atoms with Crippen LogP contribution in [0.25, 0.3) is 6.08 Å². The van der Waals surface area contributed by atoms with Crippen molar-refractivity contribution in [1.29, 1.82) is 0 Å². The normalized spacial score (nSPS) is 15.5. The summed E-state index contributed by atoms with van der Waals surface area (Å²) in [5, 5.41) is 2.66. The average Bonchev–Trinajstić information content (AvgIpc) is 3.04. The molecule has 1 N–H and O–H groups in total. The van der Waals surface area contributed by atoms with E-state index in [-0.39, 0.29) is 10.7 Å². The van der Waals surface area contributed by atoms with Gasteiger partial charge < -0.3 is 4.74 Å². The summed E-state index contributed by atoms with van der Waals surface area (Å²) in [7, 11) is 0. The molecule has 0 aliphatic carbocycles. The van der Waals surface area contributed by atoms with Gasteiger partial charge in [-0.15, -0.1) is 11.3 Å². The van der Waals surface area contributed by atoms with Crippen LogP contribution in [0.1, 0.15) is 15.3 Å². The van der Waals surface area contributed by atoms with Gasteiger partial charge >= 0.3 is 0 Å². The smallest absolute Gasteiger partial charge is 0.270 e. The van der Waals surface area contributed by atoms with E-state index in [1.54, 1.807) is 30.3 Å². The zero-order chi connectivity index (χ0) is 21.3. The molecule has 4 rings (SSSR count). The molecule has 2 heterocycles. The number of nitrogens with zero attached hydrogens (tertiary/aromatic N) is 1. The number of thiophene rings is 1. The van der Waals surface area contributed by atoms with E-state index in [2.05, 4.69) is 5.32 Å². The fourth-order valence-electron chi connectivity index (χ4n) is 2.99. The van der Waals surface area contributed by atoms with E-state index in [9.17, 15) is 9.59 Å². The predicted molar refractivity (Wildman–Crippen MR) is 123 cm³/mol. The molecule has 2 aromatic carbocycles. The Morgan fingerprint density at radius 1 is 1.00 bits per heavy atom. The summed E-state index contributed by atoms with van der Waals surface area (Å²) >= 11 is 6.80. The Hall–Kier alpha value is -3.29. The highest BCUT2D eigenvalue weighted by molar-refractivity contribution is 7.80. The maximum Gasteiger partial charge on any atom is 0.270 e. The molecule has 3 aromatic rings. The molecule has 0 atom stereocenters. The SMILES string of the molecule is Cc1cc(C=C2C(=O)NC(=S)N(c3ccc(Oc4ccccc4)cc3)C2=O)sc1C. The predicted octanol–water partition coefficient (Wildman–Crippen LogP) is 4.99. The van der Waals surface area contributed by atoms with Crippen LogP contribution in [0.3, 0.4) is 0 Å². The molecule has 0 unspecified atom stereocenters. The molecule has 1 aromatic heterocycles. The first-order chi connectivity index (χ1) is 14.4. The van der Waals surface area contributed by atoms with Crippen molar-refractivity contribution in [3.05, 3.63) is 81.6 Å². The minimum absolute atomic E-state index is 0.0504. The van der Waals surface area contributed by atoms with E-state index in [0.717, 1.165) is 15.3 Å². The summed E-state index contributed by atoms with van der Waals surface area (Å²) in [5.74, 6) is 0.400. The fraction of sp³-hybridized carbons (Fsp3) is 0.0870. The zero-order valence-electron chi connectivity index (χ0n) is 16.3. The molecule has 1 aliphatic rings. The minimum Gasteiger partial charge on any atom is -0.457 e. The van der Waals surface area contributed by atoms with Gasteiger partial charge in [0.2, 0.25) is 0 Å². The second-order valence-corrected chi connectivity index (χ2v) is 8.43. The van der Waals surface area contributed by atoms with E-state index in [0.29, 0.717) is 17.2 Å².